The van der Waals surface area contributed by atoms with Crippen LogP contribution in [0.25, 0.3) is 0 Å². The van der Waals surface area contributed by atoms with E-state index in [0.29, 0.717) is 5.92 Å². The Balaban J connectivity index is 1.35. The van der Waals surface area contributed by atoms with E-state index in [4.69, 9.17) is 0 Å². The van der Waals surface area contributed by atoms with Crippen molar-refractivity contribution in [3.8, 4) is 0 Å². The SMILES string of the molecule is CC(C)c1ccccc1NC(=O)C1CCC(C(=O)N2CCc3ccccc32)CC1. The topological polar surface area (TPSA) is 49.4 Å². The average Bonchev–Trinajstić information content (AvgIpc) is 3.17. The second kappa shape index (κ2) is 8.40. The summed E-state index contributed by atoms with van der Waals surface area (Å²) in [5.74, 6) is 0.718. The summed E-state index contributed by atoms with van der Waals surface area (Å²) >= 11 is 0. The molecule has 0 unspecified atom stereocenters. The number of nitrogens with one attached hydrogen (secondary N) is 1. The summed E-state index contributed by atoms with van der Waals surface area (Å²) < 4.78 is 0. The first-order chi connectivity index (χ1) is 14.0. The van der Waals surface area contributed by atoms with Crippen molar-refractivity contribution >= 4 is 23.2 Å². The Morgan fingerprint density at radius 1 is 0.931 bits per heavy atom. The molecule has 2 aliphatic rings. The lowest BCUT2D eigenvalue weighted by molar-refractivity contribution is -0.126. The molecule has 1 aliphatic carbocycles. The van der Waals surface area contributed by atoms with E-state index in [1.54, 1.807) is 0 Å². The Morgan fingerprint density at radius 3 is 2.34 bits per heavy atom. The Morgan fingerprint density at radius 2 is 1.59 bits per heavy atom. The van der Waals surface area contributed by atoms with E-state index in [9.17, 15) is 9.59 Å². The van der Waals surface area contributed by atoms with Crippen molar-refractivity contribution in [3.05, 3.63) is 59.7 Å². The monoisotopic (exact) mass is 390 g/mol. The molecule has 0 bridgehead atoms. The van der Waals surface area contributed by atoms with Gasteiger partial charge in [-0.1, -0.05) is 50.2 Å². The smallest absolute Gasteiger partial charge is 0.230 e. The van der Waals surface area contributed by atoms with Gasteiger partial charge in [-0.3, -0.25) is 9.59 Å². The lowest BCUT2D eigenvalue weighted by Crippen LogP contribution is -2.38. The van der Waals surface area contributed by atoms with Crippen LogP contribution in [-0.2, 0) is 16.0 Å². The molecule has 1 fully saturated rings. The predicted molar refractivity (Wildman–Crippen MR) is 117 cm³/mol. The quantitative estimate of drug-likeness (QED) is 0.785. The fraction of sp³-hybridized carbons (Fsp3) is 0.440. The number of rotatable bonds is 4. The molecule has 4 heteroatoms. The maximum atomic E-state index is 13.1. The van der Waals surface area contributed by atoms with Gasteiger partial charge in [0.25, 0.3) is 0 Å². The van der Waals surface area contributed by atoms with Gasteiger partial charge in [0, 0.05) is 29.8 Å². The number of para-hydroxylation sites is 2. The number of carbonyl (C=O) groups excluding carboxylic acids is 2. The minimum Gasteiger partial charge on any atom is -0.326 e. The summed E-state index contributed by atoms with van der Waals surface area (Å²) in [7, 11) is 0. The summed E-state index contributed by atoms with van der Waals surface area (Å²) in [5.41, 5.74) is 4.41. The van der Waals surface area contributed by atoms with Gasteiger partial charge in [0.05, 0.1) is 0 Å². The van der Waals surface area contributed by atoms with Crippen LogP contribution >= 0.6 is 0 Å². The van der Waals surface area contributed by atoms with Crippen LogP contribution in [0.3, 0.4) is 0 Å². The minimum absolute atomic E-state index is 0.00914. The molecule has 2 amide bonds. The highest BCUT2D eigenvalue weighted by atomic mass is 16.2. The molecule has 2 aromatic carbocycles. The van der Waals surface area contributed by atoms with Gasteiger partial charge in [-0.05, 0) is 61.3 Å². The van der Waals surface area contributed by atoms with Gasteiger partial charge in [0.2, 0.25) is 11.8 Å². The van der Waals surface area contributed by atoms with Crippen LogP contribution in [0, 0.1) is 11.8 Å². The van der Waals surface area contributed by atoms with Gasteiger partial charge in [-0.2, -0.15) is 0 Å². The second-order valence-corrected chi connectivity index (χ2v) is 8.65. The minimum atomic E-state index is -0.00914. The molecule has 29 heavy (non-hydrogen) atoms. The molecule has 4 nitrogen and oxygen atoms in total. The first kappa shape index (κ1) is 19.7. The van der Waals surface area contributed by atoms with E-state index < -0.39 is 0 Å². The highest BCUT2D eigenvalue weighted by Gasteiger charge is 2.34. The van der Waals surface area contributed by atoms with Crippen molar-refractivity contribution in [2.75, 3.05) is 16.8 Å². The second-order valence-electron chi connectivity index (χ2n) is 8.65. The summed E-state index contributed by atoms with van der Waals surface area (Å²) in [6.45, 7) is 5.06. The largest absolute Gasteiger partial charge is 0.326 e. The van der Waals surface area contributed by atoms with Gasteiger partial charge < -0.3 is 10.2 Å². The molecule has 152 valence electrons. The van der Waals surface area contributed by atoms with Crippen LogP contribution in [0.15, 0.2) is 48.5 Å². The Kier molecular flexibility index (Phi) is 5.70. The molecule has 1 aliphatic heterocycles. The van der Waals surface area contributed by atoms with Crippen LogP contribution in [0.4, 0.5) is 11.4 Å². The Bertz CT molecular complexity index is 897. The number of hydrogen-bond acceptors (Lipinski definition) is 2. The fourth-order valence-electron chi connectivity index (χ4n) is 4.74. The van der Waals surface area contributed by atoms with Crippen molar-refractivity contribution in [2.45, 2.75) is 51.9 Å². The average molecular weight is 391 g/mol. The summed E-state index contributed by atoms with van der Waals surface area (Å²) in [6.07, 6.45) is 4.08. The molecule has 4 rings (SSSR count). The zero-order valence-electron chi connectivity index (χ0n) is 17.4. The standard InChI is InChI=1S/C25H30N2O2/c1-17(2)21-8-4-5-9-22(21)26-24(28)19-11-13-20(14-12-19)25(29)27-16-15-18-7-3-6-10-23(18)27/h3-10,17,19-20H,11-16H2,1-2H3,(H,26,28). The zero-order valence-corrected chi connectivity index (χ0v) is 17.4. The van der Waals surface area contributed by atoms with E-state index >= 15 is 0 Å². The molecule has 1 N–H and O–H groups in total. The first-order valence-corrected chi connectivity index (χ1v) is 10.8. The van der Waals surface area contributed by atoms with Gasteiger partial charge in [-0.15, -0.1) is 0 Å². The maximum absolute atomic E-state index is 13.1. The van der Waals surface area contributed by atoms with Crippen LogP contribution in [0.2, 0.25) is 0 Å². The van der Waals surface area contributed by atoms with Crippen LogP contribution < -0.4 is 10.2 Å². The van der Waals surface area contributed by atoms with Crippen molar-refractivity contribution in [2.24, 2.45) is 11.8 Å². The van der Waals surface area contributed by atoms with E-state index in [1.165, 1.54) is 5.56 Å². The molecule has 0 spiro atoms. The van der Waals surface area contributed by atoms with Gasteiger partial charge in [0.15, 0.2) is 0 Å². The number of nitrogens with zero attached hydrogens (tertiary/aromatic N) is 1. The van der Waals surface area contributed by atoms with Crippen LogP contribution in [0.5, 0.6) is 0 Å². The molecule has 1 heterocycles. The fourth-order valence-corrected chi connectivity index (χ4v) is 4.74. The third kappa shape index (κ3) is 4.07. The molecular weight excluding hydrogens is 360 g/mol. The third-order valence-electron chi connectivity index (χ3n) is 6.44. The van der Waals surface area contributed by atoms with Crippen LogP contribution in [0.1, 0.15) is 56.6 Å². The number of hydrogen-bond donors (Lipinski definition) is 1. The van der Waals surface area contributed by atoms with E-state index in [1.807, 2.05) is 41.3 Å². The van der Waals surface area contributed by atoms with Crippen molar-refractivity contribution in [1.29, 1.82) is 0 Å². The normalized spacial score (nSPS) is 21.1. The third-order valence-corrected chi connectivity index (χ3v) is 6.44. The molecule has 0 saturated heterocycles. The first-order valence-electron chi connectivity index (χ1n) is 10.8. The highest BCUT2D eigenvalue weighted by molar-refractivity contribution is 5.97. The molecule has 2 aromatic rings. The highest BCUT2D eigenvalue weighted by Crippen LogP contribution is 2.35. The van der Waals surface area contributed by atoms with Crippen molar-refractivity contribution < 1.29 is 9.59 Å². The van der Waals surface area contributed by atoms with Gasteiger partial charge in [0.1, 0.15) is 0 Å². The summed E-state index contributed by atoms with van der Waals surface area (Å²) in [5, 5.41) is 3.14. The van der Waals surface area contributed by atoms with Gasteiger partial charge >= 0.3 is 0 Å². The lowest BCUT2D eigenvalue weighted by atomic mass is 9.80. The molecular formula is C25H30N2O2. The number of amides is 2. The lowest BCUT2D eigenvalue weighted by Gasteiger charge is -2.30. The molecule has 1 saturated carbocycles. The number of benzene rings is 2. The predicted octanol–water partition coefficient (Wildman–Crippen LogP) is 5.14. The van der Waals surface area contributed by atoms with Crippen molar-refractivity contribution in [3.63, 3.8) is 0 Å². The number of carbonyl (C=O) groups is 2. The molecule has 0 atom stereocenters. The Hall–Kier alpha value is -2.62. The summed E-state index contributed by atoms with van der Waals surface area (Å²) in [4.78, 5) is 27.9. The maximum Gasteiger partial charge on any atom is 0.230 e. The van der Waals surface area contributed by atoms with Crippen LogP contribution in [-0.4, -0.2) is 18.4 Å². The summed E-state index contributed by atoms with van der Waals surface area (Å²) in [6, 6.07) is 16.2. The molecule has 0 radical (unpaired) electrons. The Labute approximate surface area is 173 Å². The number of anilines is 2. The molecule has 0 aromatic heterocycles. The zero-order chi connectivity index (χ0) is 20.4. The number of fused-ring (bicyclic) bond motifs is 1. The van der Waals surface area contributed by atoms with Crippen molar-refractivity contribution in [1.82, 2.24) is 0 Å². The van der Waals surface area contributed by atoms with E-state index in [0.717, 1.165) is 55.6 Å². The van der Waals surface area contributed by atoms with E-state index in [2.05, 4.69) is 31.3 Å². The van der Waals surface area contributed by atoms with Gasteiger partial charge in [-0.25, -0.2) is 0 Å². The van der Waals surface area contributed by atoms with E-state index in [-0.39, 0.29) is 23.7 Å².